The van der Waals surface area contributed by atoms with Gasteiger partial charge in [0.1, 0.15) is 17.3 Å². The molecule has 0 aromatic rings. The van der Waals surface area contributed by atoms with E-state index in [1.54, 1.807) is 0 Å². The standard InChI is InChI=1S/C12H18F4O2/c1-6-9(2,13)11(4,15)7(8(17)18)12(5,16)10(6,3)14/h6-7H,1-5H3,(H,17,18). The third kappa shape index (κ3) is 1.50. The largest absolute Gasteiger partial charge is 0.481 e. The molecule has 0 aromatic carbocycles. The van der Waals surface area contributed by atoms with E-state index in [1.165, 1.54) is 0 Å². The summed E-state index contributed by atoms with van der Waals surface area (Å²) in [5, 5.41) is 8.95. The van der Waals surface area contributed by atoms with Gasteiger partial charge in [0, 0.05) is 5.92 Å². The fraction of sp³-hybridized carbons (Fsp3) is 0.917. The van der Waals surface area contributed by atoms with Gasteiger partial charge in [0.15, 0.2) is 11.3 Å². The van der Waals surface area contributed by atoms with E-state index in [2.05, 4.69) is 0 Å². The second kappa shape index (κ2) is 3.61. The summed E-state index contributed by atoms with van der Waals surface area (Å²) in [6.45, 7) is 3.96. The van der Waals surface area contributed by atoms with Crippen molar-refractivity contribution in [3.05, 3.63) is 0 Å². The van der Waals surface area contributed by atoms with Crippen molar-refractivity contribution in [1.82, 2.24) is 0 Å². The summed E-state index contributed by atoms with van der Waals surface area (Å²) in [5.41, 5.74) is -11.6. The lowest BCUT2D eigenvalue weighted by Gasteiger charge is -2.57. The molecule has 0 heterocycles. The Bertz CT molecular complexity index is 346. The summed E-state index contributed by atoms with van der Waals surface area (Å²) < 4.78 is 57.9. The van der Waals surface area contributed by atoms with Crippen LogP contribution in [-0.4, -0.2) is 33.8 Å². The van der Waals surface area contributed by atoms with E-state index in [-0.39, 0.29) is 0 Å². The Morgan fingerprint density at radius 3 is 1.39 bits per heavy atom. The van der Waals surface area contributed by atoms with Crippen LogP contribution in [0.15, 0.2) is 0 Å². The number of rotatable bonds is 1. The zero-order valence-electron chi connectivity index (χ0n) is 11.0. The predicted octanol–water partition coefficient (Wildman–Crippen LogP) is 3.25. The number of alkyl halides is 4. The molecule has 1 saturated carbocycles. The van der Waals surface area contributed by atoms with Gasteiger partial charge in [-0.25, -0.2) is 17.6 Å². The highest BCUT2D eigenvalue weighted by molar-refractivity contribution is 5.74. The van der Waals surface area contributed by atoms with Crippen LogP contribution in [0.1, 0.15) is 34.6 Å². The van der Waals surface area contributed by atoms with Crippen molar-refractivity contribution in [2.45, 2.75) is 57.3 Å². The van der Waals surface area contributed by atoms with E-state index < -0.39 is 40.5 Å². The summed E-state index contributed by atoms with van der Waals surface area (Å²) >= 11 is 0. The minimum absolute atomic E-state index is 0.676. The summed E-state index contributed by atoms with van der Waals surface area (Å²) in [4.78, 5) is 11.1. The SMILES string of the molecule is CC1C(C)(F)C(C)(F)C(C(=O)O)C(C)(F)C1(C)F. The van der Waals surface area contributed by atoms with Gasteiger partial charge in [0.2, 0.25) is 0 Å². The molecule has 0 aromatic heterocycles. The highest BCUT2D eigenvalue weighted by Gasteiger charge is 2.76. The molecule has 0 bridgehead atoms. The molecule has 2 nitrogen and oxygen atoms in total. The van der Waals surface area contributed by atoms with Crippen molar-refractivity contribution in [2.75, 3.05) is 0 Å². The lowest BCUT2D eigenvalue weighted by atomic mass is 9.53. The van der Waals surface area contributed by atoms with Crippen molar-refractivity contribution >= 4 is 5.97 Å². The van der Waals surface area contributed by atoms with Crippen LogP contribution >= 0.6 is 0 Å². The van der Waals surface area contributed by atoms with Crippen LogP contribution < -0.4 is 0 Å². The fourth-order valence-corrected chi connectivity index (χ4v) is 2.89. The molecule has 0 amide bonds. The molecule has 1 aliphatic rings. The molecule has 0 radical (unpaired) electrons. The van der Waals surface area contributed by atoms with Crippen molar-refractivity contribution in [2.24, 2.45) is 11.8 Å². The second-order valence-corrected chi connectivity index (χ2v) is 5.80. The van der Waals surface area contributed by atoms with Crippen LogP contribution in [0.25, 0.3) is 0 Å². The van der Waals surface area contributed by atoms with Crippen molar-refractivity contribution in [3.8, 4) is 0 Å². The molecule has 0 saturated heterocycles. The monoisotopic (exact) mass is 270 g/mol. The second-order valence-electron chi connectivity index (χ2n) is 5.80. The molecular formula is C12H18F4O2. The van der Waals surface area contributed by atoms with Gasteiger partial charge in [-0.3, -0.25) is 4.79 Å². The van der Waals surface area contributed by atoms with Crippen LogP contribution in [-0.2, 0) is 4.79 Å². The highest BCUT2D eigenvalue weighted by Crippen LogP contribution is 2.60. The van der Waals surface area contributed by atoms with E-state index in [4.69, 9.17) is 5.11 Å². The summed E-state index contributed by atoms with van der Waals surface area (Å²) in [6, 6.07) is 0. The quantitative estimate of drug-likeness (QED) is 0.743. The summed E-state index contributed by atoms with van der Waals surface area (Å²) in [6.07, 6.45) is 0. The van der Waals surface area contributed by atoms with Crippen molar-refractivity contribution in [3.63, 3.8) is 0 Å². The molecule has 18 heavy (non-hydrogen) atoms. The number of aliphatic carboxylic acids is 1. The van der Waals surface area contributed by atoms with Crippen LogP contribution in [0.2, 0.25) is 0 Å². The van der Waals surface area contributed by atoms with Crippen molar-refractivity contribution < 1.29 is 27.5 Å². The van der Waals surface area contributed by atoms with E-state index in [1.807, 2.05) is 0 Å². The van der Waals surface area contributed by atoms with Gasteiger partial charge in [-0.05, 0) is 27.7 Å². The molecule has 0 spiro atoms. The molecule has 106 valence electrons. The number of carboxylic acids is 1. The first-order valence-corrected chi connectivity index (χ1v) is 5.70. The Balaban J connectivity index is 3.55. The Morgan fingerprint density at radius 2 is 1.17 bits per heavy atom. The number of hydrogen-bond acceptors (Lipinski definition) is 1. The van der Waals surface area contributed by atoms with Gasteiger partial charge in [0.25, 0.3) is 0 Å². The number of carbonyl (C=O) groups is 1. The number of hydrogen-bond donors (Lipinski definition) is 1. The lowest BCUT2D eigenvalue weighted by Crippen LogP contribution is -2.74. The first-order valence-electron chi connectivity index (χ1n) is 5.70. The number of carboxylic acid groups (broad SMARTS) is 1. The average molecular weight is 270 g/mol. The van der Waals surface area contributed by atoms with E-state index >= 15 is 0 Å². The Hall–Kier alpha value is -0.810. The van der Waals surface area contributed by atoms with E-state index in [0.717, 1.165) is 20.8 Å². The molecule has 1 rings (SSSR count). The molecule has 4 unspecified atom stereocenters. The molecular weight excluding hydrogens is 252 g/mol. The minimum Gasteiger partial charge on any atom is -0.481 e. The smallest absolute Gasteiger partial charge is 0.313 e. The topological polar surface area (TPSA) is 37.3 Å². The third-order valence-electron chi connectivity index (χ3n) is 4.87. The van der Waals surface area contributed by atoms with Gasteiger partial charge in [0.05, 0.1) is 0 Å². The highest BCUT2D eigenvalue weighted by atomic mass is 19.2. The van der Waals surface area contributed by atoms with E-state index in [0.29, 0.717) is 13.8 Å². The lowest BCUT2D eigenvalue weighted by molar-refractivity contribution is -0.246. The summed E-state index contributed by atoms with van der Waals surface area (Å²) in [7, 11) is 0. The van der Waals surface area contributed by atoms with Crippen LogP contribution in [0.3, 0.4) is 0 Å². The maximum Gasteiger partial charge on any atom is 0.313 e. The van der Waals surface area contributed by atoms with Crippen LogP contribution in [0.5, 0.6) is 0 Å². The maximum absolute atomic E-state index is 14.5. The minimum atomic E-state index is -3.01. The van der Waals surface area contributed by atoms with Gasteiger partial charge in [-0.15, -0.1) is 0 Å². The average Bonchev–Trinajstić information content (AvgIpc) is 2.12. The first-order chi connectivity index (χ1) is 7.72. The van der Waals surface area contributed by atoms with Gasteiger partial charge < -0.3 is 5.11 Å². The Kier molecular flexibility index (Phi) is 3.05. The Labute approximate surface area is 103 Å². The molecule has 4 atom stereocenters. The molecule has 6 heteroatoms. The summed E-state index contributed by atoms with van der Waals surface area (Å²) in [5.74, 6) is -5.92. The van der Waals surface area contributed by atoms with Crippen molar-refractivity contribution in [1.29, 1.82) is 0 Å². The van der Waals surface area contributed by atoms with E-state index in [9.17, 15) is 22.4 Å². The number of halogens is 4. The third-order valence-corrected chi connectivity index (χ3v) is 4.87. The molecule has 1 fully saturated rings. The first kappa shape index (κ1) is 15.2. The molecule has 1 aliphatic carbocycles. The van der Waals surface area contributed by atoms with Gasteiger partial charge in [-0.1, -0.05) is 6.92 Å². The zero-order valence-corrected chi connectivity index (χ0v) is 11.0. The van der Waals surface area contributed by atoms with Crippen LogP contribution in [0, 0.1) is 11.8 Å². The molecule has 0 aliphatic heterocycles. The zero-order chi connectivity index (χ0) is 14.7. The normalized spacial score (nSPS) is 57.4. The van der Waals surface area contributed by atoms with Crippen LogP contribution in [0.4, 0.5) is 17.6 Å². The fourth-order valence-electron chi connectivity index (χ4n) is 2.89. The molecule has 1 N–H and O–H groups in total. The Morgan fingerprint density at radius 1 is 0.889 bits per heavy atom. The van der Waals surface area contributed by atoms with Gasteiger partial charge >= 0.3 is 5.97 Å². The predicted molar refractivity (Wildman–Crippen MR) is 58.3 cm³/mol. The maximum atomic E-state index is 14.5. The van der Waals surface area contributed by atoms with Gasteiger partial charge in [-0.2, -0.15) is 0 Å².